The number of phenols is 1. The summed E-state index contributed by atoms with van der Waals surface area (Å²) >= 11 is 0. The molecule has 5 nitrogen and oxygen atoms in total. The number of para-hydroxylation sites is 1. The number of carbonyl (C=O) groups is 1. The van der Waals surface area contributed by atoms with Gasteiger partial charge in [0.1, 0.15) is 11.5 Å². The van der Waals surface area contributed by atoms with Crippen molar-refractivity contribution in [3.05, 3.63) is 59.7 Å². The van der Waals surface area contributed by atoms with E-state index in [2.05, 4.69) is 10.5 Å². The van der Waals surface area contributed by atoms with Crippen LogP contribution in [0.15, 0.2) is 53.6 Å². The van der Waals surface area contributed by atoms with Gasteiger partial charge in [-0.05, 0) is 50.2 Å². The molecule has 0 aromatic heterocycles. The third-order valence-electron chi connectivity index (χ3n) is 3.05. The van der Waals surface area contributed by atoms with E-state index in [0.29, 0.717) is 29.2 Å². The van der Waals surface area contributed by atoms with E-state index in [1.807, 2.05) is 6.92 Å². The number of hydrogen-bond donors (Lipinski definition) is 2. The monoisotopic (exact) mass is 298 g/mol. The summed E-state index contributed by atoms with van der Waals surface area (Å²) in [4.78, 5) is 12.0. The molecule has 2 rings (SSSR count). The van der Waals surface area contributed by atoms with Gasteiger partial charge in [-0.25, -0.2) is 5.43 Å². The highest BCUT2D eigenvalue weighted by Crippen LogP contribution is 2.16. The fourth-order valence-corrected chi connectivity index (χ4v) is 1.91. The summed E-state index contributed by atoms with van der Waals surface area (Å²) in [6, 6.07) is 13.6. The van der Waals surface area contributed by atoms with Crippen LogP contribution in [0.2, 0.25) is 0 Å². The molecule has 0 fully saturated rings. The van der Waals surface area contributed by atoms with Crippen LogP contribution < -0.4 is 10.2 Å². The maximum Gasteiger partial charge on any atom is 0.271 e. The van der Waals surface area contributed by atoms with Gasteiger partial charge in [0.2, 0.25) is 0 Å². The quantitative estimate of drug-likeness (QED) is 0.658. The van der Waals surface area contributed by atoms with E-state index >= 15 is 0 Å². The third-order valence-corrected chi connectivity index (χ3v) is 3.05. The first-order valence-corrected chi connectivity index (χ1v) is 6.97. The zero-order valence-electron chi connectivity index (χ0n) is 12.5. The van der Waals surface area contributed by atoms with Crippen LogP contribution in [0.4, 0.5) is 0 Å². The lowest BCUT2D eigenvalue weighted by atomic mass is 10.1. The van der Waals surface area contributed by atoms with Gasteiger partial charge in [-0.3, -0.25) is 4.79 Å². The lowest BCUT2D eigenvalue weighted by Crippen LogP contribution is -2.19. The Morgan fingerprint density at radius 1 is 1.18 bits per heavy atom. The van der Waals surface area contributed by atoms with Gasteiger partial charge in [-0.2, -0.15) is 5.10 Å². The number of aromatic hydroxyl groups is 1. The molecule has 0 aliphatic rings. The molecule has 0 aliphatic carbocycles. The molecule has 0 spiro atoms. The maximum absolute atomic E-state index is 12.0. The summed E-state index contributed by atoms with van der Waals surface area (Å²) in [5.74, 6) is 0.518. The minimum atomic E-state index is -0.321. The van der Waals surface area contributed by atoms with E-state index in [0.717, 1.165) is 0 Å². The highest BCUT2D eigenvalue weighted by atomic mass is 16.5. The SMILES string of the molecule is CCOc1ccc(C(=O)NN=C(C)c2ccccc2O)cc1. The highest BCUT2D eigenvalue weighted by molar-refractivity contribution is 6.02. The van der Waals surface area contributed by atoms with E-state index in [1.165, 1.54) is 0 Å². The van der Waals surface area contributed by atoms with Gasteiger partial charge in [-0.15, -0.1) is 0 Å². The molecule has 2 aromatic rings. The Hall–Kier alpha value is -2.82. The van der Waals surface area contributed by atoms with E-state index < -0.39 is 0 Å². The Morgan fingerprint density at radius 3 is 2.50 bits per heavy atom. The number of ether oxygens (including phenoxy) is 1. The third kappa shape index (κ3) is 3.85. The highest BCUT2D eigenvalue weighted by Gasteiger charge is 2.07. The minimum absolute atomic E-state index is 0.124. The Balaban J connectivity index is 2.05. The van der Waals surface area contributed by atoms with Crippen LogP contribution in [0.25, 0.3) is 0 Å². The van der Waals surface area contributed by atoms with Crippen molar-refractivity contribution in [2.75, 3.05) is 6.61 Å². The number of nitrogens with zero attached hydrogens (tertiary/aromatic N) is 1. The average Bonchev–Trinajstić information content (AvgIpc) is 2.54. The topological polar surface area (TPSA) is 70.9 Å². The number of rotatable bonds is 5. The Kier molecular flexibility index (Phi) is 5.14. The number of benzene rings is 2. The molecule has 114 valence electrons. The van der Waals surface area contributed by atoms with Gasteiger partial charge < -0.3 is 9.84 Å². The molecule has 2 N–H and O–H groups in total. The number of phenolic OH excluding ortho intramolecular Hbond substituents is 1. The second kappa shape index (κ2) is 7.26. The Morgan fingerprint density at radius 2 is 1.86 bits per heavy atom. The summed E-state index contributed by atoms with van der Waals surface area (Å²) in [7, 11) is 0. The van der Waals surface area contributed by atoms with Crippen LogP contribution in [0.5, 0.6) is 11.5 Å². The fourth-order valence-electron chi connectivity index (χ4n) is 1.91. The average molecular weight is 298 g/mol. The molecule has 0 radical (unpaired) electrons. The molecule has 0 unspecified atom stereocenters. The normalized spacial score (nSPS) is 11.1. The standard InChI is InChI=1S/C17H18N2O3/c1-3-22-14-10-8-13(9-11-14)17(21)19-18-12(2)15-6-4-5-7-16(15)20/h4-11,20H,3H2,1-2H3,(H,19,21). The van der Waals surface area contributed by atoms with Crippen LogP contribution in [-0.4, -0.2) is 23.3 Å². The summed E-state index contributed by atoms with van der Waals surface area (Å²) in [5.41, 5.74) is 4.06. The molecule has 0 aliphatic heterocycles. The van der Waals surface area contributed by atoms with Crippen molar-refractivity contribution in [2.45, 2.75) is 13.8 Å². The molecular weight excluding hydrogens is 280 g/mol. The molecule has 22 heavy (non-hydrogen) atoms. The van der Waals surface area contributed by atoms with Crippen LogP contribution in [0.3, 0.4) is 0 Å². The zero-order chi connectivity index (χ0) is 15.9. The van der Waals surface area contributed by atoms with Crippen molar-refractivity contribution in [1.29, 1.82) is 0 Å². The summed E-state index contributed by atoms with van der Waals surface area (Å²) in [6.07, 6.45) is 0. The summed E-state index contributed by atoms with van der Waals surface area (Å²) in [6.45, 7) is 4.19. The first-order chi connectivity index (χ1) is 10.6. The molecular formula is C17H18N2O3. The molecule has 0 saturated heterocycles. The van der Waals surface area contributed by atoms with E-state index in [4.69, 9.17) is 4.74 Å². The molecule has 0 bridgehead atoms. The fraction of sp³-hybridized carbons (Fsp3) is 0.176. The first-order valence-electron chi connectivity index (χ1n) is 6.97. The van der Waals surface area contributed by atoms with Crippen LogP contribution in [0, 0.1) is 0 Å². The van der Waals surface area contributed by atoms with Crippen molar-refractivity contribution in [3.63, 3.8) is 0 Å². The van der Waals surface area contributed by atoms with E-state index in [9.17, 15) is 9.90 Å². The summed E-state index contributed by atoms with van der Waals surface area (Å²) in [5, 5.41) is 13.8. The van der Waals surface area contributed by atoms with Gasteiger partial charge in [-0.1, -0.05) is 12.1 Å². The number of carbonyl (C=O) groups excluding carboxylic acids is 1. The van der Waals surface area contributed by atoms with Crippen LogP contribution in [0.1, 0.15) is 29.8 Å². The Labute approximate surface area is 129 Å². The van der Waals surface area contributed by atoms with Crippen LogP contribution in [-0.2, 0) is 0 Å². The van der Waals surface area contributed by atoms with E-state index in [-0.39, 0.29) is 11.7 Å². The smallest absolute Gasteiger partial charge is 0.271 e. The molecule has 2 aromatic carbocycles. The molecule has 5 heteroatoms. The van der Waals surface area contributed by atoms with Crippen molar-refractivity contribution >= 4 is 11.6 Å². The van der Waals surface area contributed by atoms with Crippen molar-refractivity contribution in [3.8, 4) is 11.5 Å². The number of amides is 1. The predicted molar refractivity (Wildman–Crippen MR) is 85.4 cm³/mol. The predicted octanol–water partition coefficient (Wildman–Crippen LogP) is 2.94. The maximum atomic E-state index is 12.0. The van der Waals surface area contributed by atoms with Gasteiger partial charge in [0, 0.05) is 11.1 Å². The largest absolute Gasteiger partial charge is 0.507 e. The van der Waals surface area contributed by atoms with Crippen molar-refractivity contribution in [2.24, 2.45) is 5.10 Å². The number of hydrazone groups is 1. The van der Waals surface area contributed by atoms with Crippen LogP contribution >= 0.6 is 0 Å². The lowest BCUT2D eigenvalue weighted by molar-refractivity contribution is 0.0955. The van der Waals surface area contributed by atoms with Gasteiger partial charge in [0.25, 0.3) is 5.91 Å². The van der Waals surface area contributed by atoms with Crippen molar-refractivity contribution in [1.82, 2.24) is 5.43 Å². The summed E-state index contributed by atoms with van der Waals surface area (Å²) < 4.78 is 5.32. The minimum Gasteiger partial charge on any atom is -0.507 e. The first kappa shape index (κ1) is 15.6. The van der Waals surface area contributed by atoms with Gasteiger partial charge in [0.15, 0.2) is 0 Å². The van der Waals surface area contributed by atoms with E-state index in [1.54, 1.807) is 55.5 Å². The van der Waals surface area contributed by atoms with Gasteiger partial charge in [0.05, 0.1) is 12.3 Å². The number of hydrogen-bond acceptors (Lipinski definition) is 4. The molecule has 1 amide bonds. The molecule has 0 atom stereocenters. The Bertz CT molecular complexity index is 679. The lowest BCUT2D eigenvalue weighted by Gasteiger charge is -2.06. The van der Waals surface area contributed by atoms with Gasteiger partial charge >= 0.3 is 0 Å². The molecule has 0 saturated carbocycles. The zero-order valence-corrected chi connectivity index (χ0v) is 12.5. The van der Waals surface area contributed by atoms with Crippen molar-refractivity contribution < 1.29 is 14.6 Å². The molecule has 0 heterocycles. The number of nitrogens with one attached hydrogen (secondary N) is 1. The second-order valence-corrected chi connectivity index (χ2v) is 4.61. The second-order valence-electron chi connectivity index (χ2n) is 4.61.